The van der Waals surface area contributed by atoms with Gasteiger partial charge in [-0.25, -0.2) is 0 Å². The zero-order valence-electron chi connectivity index (χ0n) is 9.12. The molecular weight excluding hydrogens is 180 g/mol. The molecule has 14 heavy (non-hydrogen) atoms. The summed E-state index contributed by atoms with van der Waals surface area (Å²) in [6, 6.07) is 0. The Kier molecular flexibility index (Phi) is 8.19. The highest BCUT2D eigenvalue weighted by atomic mass is 16.5. The SMILES string of the molecule is CCCCCC(CCC=O)OC(C)=O. The van der Waals surface area contributed by atoms with Gasteiger partial charge in [-0.15, -0.1) is 0 Å². The van der Waals surface area contributed by atoms with Crippen LogP contribution in [0.3, 0.4) is 0 Å². The summed E-state index contributed by atoms with van der Waals surface area (Å²) >= 11 is 0. The summed E-state index contributed by atoms with van der Waals surface area (Å²) in [5, 5.41) is 0. The Balaban J connectivity index is 3.71. The van der Waals surface area contributed by atoms with Crippen LogP contribution in [0.1, 0.15) is 52.4 Å². The molecule has 0 N–H and O–H groups in total. The first-order valence-electron chi connectivity index (χ1n) is 5.31. The van der Waals surface area contributed by atoms with Crippen molar-refractivity contribution in [1.29, 1.82) is 0 Å². The molecule has 0 rings (SSSR count). The Bertz CT molecular complexity index is 166. The molecule has 0 fully saturated rings. The van der Waals surface area contributed by atoms with E-state index in [0.717, 1.165) is 32.0 Å². The number of esters is 1. The summed E-state index contributed by atoms with van der Waals surface area (Å²) < 4.78 is 5.10. The summed E-state index contributed by atoms with van der Waals surface area (Å²) in [6.07, 6.45) is 6.19. The summed E-state index contributed by atoms with van der Waals surface area (Å²) in [7, 11) is 0. The fraction of sp³-hybridized carbons (Fsp3) is 0.818. The molecule has 1 unspecified atom stereocenters. The second-order valence-electron chi connectivity index (χ2n) is 3.47. The minimum atomic E-state index is -0.252. The average Bonchev–Trinajstić information content (AvgIpc) is 2.13. The predicted octanol–water partition coefficient (Wildman–Crippen LogP) is 2.48. The van der Waals surface area contributed by atoms with Crippen LogP contribution in [-0.2, 0) is 14.3 Å². The van der Waals surface area contributed by atoms with Crippen molar-refractivity contribution in [1.82, 2.24) is 0 Å². The molecule has 0 amide bonds. The van der Waals surface area contributed by atoms with Gasteiger partial charge in [0.1, 0.15) is 12.4 Å². The number of aldehydes is 1. The van der Waals surface area contributed by atoms with Crippen molar-refractivity contribution in [3.8, 4) is 0 Å². The van der Waals surface area contributed by atoms with Gasteiger partial charge < -0.3 is 9.53 Å². The summed E-state index contributed by atoms with van der Waals surface area (Å²) in [4.78, 5) is 20.9. The number of rotatable bonds is 8. The molecular formula is C11H20O3. The van der Waals surface area contributed by atoms with Gasteiger partial charge >= 0.3 is 5.97 Å². The predicted molar refractivity (Wildman–Crippen MR) is 55.0 cm³/mol. The van der Waals surface area contributed by atoms with Gasteiger partial charge in [-0.3, -0.25) is 4.79 Å². The molecule has 82 valence electrons. The molecule has 3 nitrogen and oxygen atoms in total. The molecule has 0 aliphatic heterocycles. The van der Waals surface area contributed by atoms with Crippen LogP contribution in [0.15, 0.2) is 0 Å². The number of hydrogen-bond acceptors (Lipinski definition) is 3. The molecule has 1 atom stereocenters. The maximum atomic E-state index is 10.7. The van der Waals surface area contributed by atoms with E-state index in [0.29, 0.717) is 12.8 Å². The lowest BCUT2D eigenvalue weighted by Crippen LogP contribution is -2.16. The molecule has 0 aromatic carbocycles. The van der Waals surface area contributed by atoms with E-state index in [4.69, 9.17) is 4.74 Å². The Labute approximate surface area is 85.8 Å². The molecule has 0 saturated heterocycles. The maximum absolute atomic E-state index is 10.7. The fourth-order valence-corrected chi connectivity index (χ4v) is 1.37. The molecule has 0 aromatic rings. The van der Waals surface area contributed by atoms with Crippen LogP contribution in [-0.4, -0.2) is 18.4 Å². The minimum Gasteiger partial charge on any atom is -0.463 e. The number of carbonyl (C=O) groups is 2. The summed E-state index contributed by atoms with van der Waals surface area (Å²) in [5.41, 5.74) is 0. The zero-order chi connectivity index (χ0) is 10.8. The normalized spacial score (nSPS) is 12.1. The van der Waals surface area contributed by atoms with E-state index in [1.54, 1.807) is 0 Å². The lowest BCUT2D eigenvalue weighted by molar-refractivity contribution is -0.147. The lowest BCUT2D eigenvalue weighted by atomic mass is 10.1. The van der Waals surface area contributed by atoms with E-state index < -0.39 is 0 Å². The van der Waals surface area contributed by atoms with Crippen molar-refractivity contribution in [3.05, 3.63) is 0 Å². The fourth-order valence-electron chi connectivity index (χ4n) is 1.37. The third-order valence-corrected chi connectivity index (χ3v) is 2.07. The van der Waals surface area contributed by atoms with Crippen molar-refractivity contribution in [2.24, 2.45) is 0 Å². The van der Waals surface area contributed by atoms with Crippen LogP contribution in [0.5, 0.6) is 0 Å². The molecule has 0 bridgehead atoms. The third-order valence-electron chi connectivity index (χ3n) is 2.07. The lowest BCUT2D eigenvalue weighted by Gasteiger charge is -2.15. The second kappa shape index (κ2) is 8.73. The summed E-state index contributed by atoms with van der Waals surface area (Å²) in [5.74, 6) is -0.252. The standard InChI is InChI=1S/C11H20O3/c1-3-4-5-7-11(8-6-9-12)14-10(2)13/h9,11H,3-8H2,1-2H3. The summed E-state index contributed by atoms with van der Waals surface area (Å²) in [6.45, 7) is 3.54. The maximum Gasteiger partial charge on any atom is 0.302 e. The van der Waals surface area contributed by atoms with Crippen molar-refractivity contribution >= 4 is 12.3 Å². The van der Waals surface area contributed by atoms with Gasteiger partial charge in [0.2, 0.25) is 0 Å². The van der Waals surface area contributed by atoms with E-state index in [9.17, 15) is 9.59 Å². The van der Waals surface area contributed by atoms with Gasteiger partial charge in [0.15, 0.2) is 0 Å². The van der Waals surface area contributed by atoms with Gasteiger partial charge in [0.25, 0.3) is 0 Å². The van der Waals surface area contributed by atoms with Crippen LogP contribution in [0, 0.1) is 0 Å². The van der Waals surface area contributed by atoms with E-state index in [1.807, 2.05) is 0 Å². The van der Waals surface area contributed by atoms with Gasteiger partial charge in [0.05, 0.1) is 0 Å². The Hall–Kier alpha value is -0.860. The number of carbonyl (C=O) groups excluding carboxylic acids is 2. The average molecular weight is 200 g/mol. The molecule has 0 spiro atoms. The highest BCUT2D eigenvalue weighted by Gasteiger charge is 2.10. The molecule has 0 aliphatic carbocycles. The molecule has 0 saturated carbocycles. The van der Waals surface area contributed by atoms with E-state index in [-0.39, 0.29) is 12.1 Å². The first-order chi connectivity index (χ1) is 6.70. The zero-order valence-corrected chi connectivity index (χ0v) is 9.12. The van der Waals surface area contributed by atoms with E-state index in [1.165, 1.54) is 6.92 Å². The van der Waals surface area contributed by atoms with E-state index >= 15 is 0 Å². The Morgan fingerprint density at radius 3 is 2.57 bits per heavy atom. The van der Waals surface area contributed by atoms with Crippen LogP contribution in [0.4, 0.5) is 0 Å². The van der Waals surface area contributed by atoms with Crippen molar-refractivity contribution in [3.63, 3.8) is 0 Å². The van der Waals surface area contributed by atoms with Crippen molar-refractivity contribution in [2.75, 3.05) is 0 Å². The topological polar surface area (TPSA) is 43.4 Å². The van der Waals surface area contributed by atoms with Gasteiger partial charge in [-0.05, 0) is 19.3 Å². The quantitative estimate of drug-likeness (QED) is 0.343. The molecule has 0 heterocycles. The number of ether oxygens (including phenoxy) is 1. The van der Waals surface area contributed by atoms with E-state index in [2.05, 4.69) is 6.92 Å². The second-order valence-corrected chi connectivity index (χ2v) is 3.47. The smallest absolute Gasteiger partial charge is 0.302 e. The first kappa shape index (κ1) is 13.1. The van der Waals surface area contributed by atoms with Crippen LogP contribution >= 0.6 is 0 Å². The monoisotopic (exact) mass is 200 g/mol. The molecule has 3 heteroatoms. The first-order valence-corrected chi connectivity index (χ1v) is 5.31. The van der Waals surface area contributed by atoms with Crippen molar-refractivity contribution in [2.45, 2.75) is 58.5 Å². The van der Waals surface area contributed by atoms with Crippen LogP contribution in [0.25, 0.3) is 0 Å². The van der Waals surface area contributed by atoms with Gasteiger partial charge in [-0.1, -0.05) is 19.8 Å². The highest BCUT2D eigenvalue weighted by Crippen LogP contribution is 2.11. The Morgan fingerprint density at radius 1 is 1.36 bits per heavy atom. The van der Waals surface area contributed by atoms with Crippen LogP contribution in [0.2, 0.25) is 0 Å². The van der Waals surface area contributed by atoms with Gasteiger partial charge in [-0.2, -0.15) is 0 Å². The molecule has 0 radical (unpaired) electrons. The third kappa shape index (κ3) is 7.77. The van der Waals surface area contributed by atoms with Gasteiger partial charge in [0, 0.05) is 13.3 Å². The molecule has 0 aromatic heterocycles. The van der Waals surface area contributed by atoms with Crippen LogP contribution < -0.4 is 0 Å². The minimum absolute atomic E-state index is 0.0655. The molecule has 0 aliphatic rings. The van der Waals surface area contributed by atoms with Crippen molar-refractivity contribution < 1.29 is 14.3 Å². The largest absolute Gasteiger partial charge is 0.463 e. The highest BCUT2D eigenvalue weighted by molar-refractivity contribution is 5.66. The number of hydrogen-bond donors (Lipinski definition) is 0. The number of unbranched alkanes of at least 4 members (excludes halogenated alkanes) is 2. The Morgan fingerprint density at radius 2 is 2.07 bits per heavy atom.